The molecule has 1 atom stereocenters. The van der Waals surface area contributed by atoms with Gasteiger partial charge in [0, 0.05) is 19.3 Å². The summed E-state index contributed by atoms with van der Waals surface area (Å²) >= 11 is 0. The van der Waals surface area contributed by atoms with E-state index in [1.165, 1.54) is 250 Å². The molecule has 440 valence electrons. The monoisotopic (exact) mass is 1050 g/mol. The molecule has 0 amide bonds. The van der Waals surface area contributed by atoms with E-state index in [-0.39, 0.29) is 31.1 Å². The van der Waals surface area contributed by atoms with Gasteiger partial charge in [-0.2, -0.15) is 0 Å². The maximum absolute atomic E-state index is 12.9. The molecule has 0 aliphatic carbocycles. The zero-order valence-electron chi connectivity index (χ0n) is 50.6. The van der Waals surface area contributed by atoms with E-state index in [9.17, 15) is 14.4 Å². The number of unbranched alkanes of at least 4 members (excludes halogenated alkanes) is 45. The molecule has 0 saturated heterocycles. The molecule has 0 spiro atoms. The summed E-state index contributed by atoms with van der Waals surface area (Å²) in [5.41, 5.74) is 0. The van der Waals surface area contributed by atoms with Gasteiger partial charge in [-0.1, -0.05) is 327 Å². The van der Waals surface area contributed by atoms with Crippen molar-refractivity contribution in [1.29, 1.82) is 0 Å². The Bertz CT molecular complexity index is 1250. The highest BCUT2D eigenvalue weighted by molar-refractivity contribution is 5.71. The molecule has 6 heteroatoms. The van der Waals surface area contributed by atoms with Crippen LogP contribution in [0.15, 0.2) is 36.5 Å². The Kier molecular flexibility index (Phi) is 62.1. The molecule has 0 saturated carbocycles. The van der Waals surface area contributed by atoms with Crippen LogP contribution in [0.3, 0.4) is 0 Å². The van der Waals surface area contributed by atoms with Crippen molar-refractivity contribution in [3.63, 3.8) is 0 Å². The summed E-state index contributed by atoms with van der Waals surface area (Å²) in [7, 11) is 0. The third-order valence-corrected chi connectivity index (χ3v) is 15.1. The molecule has 0 fully saturated rings. The van der Waals surface area contributed by atoms with E-state index in [0.717, 1.165) is 77.0 Å². The lowest BCUT2D eigenvalue weighted by atomic mass is 10.0. The van der Waals surface area contributed by atoms with Gasteiger partial charge in [-0.15, -0.1) is 0 Å². The summed E-state index contributed by atoms with van der Waals surface area (Å²) in [6.45, 7) is 6.68. The van der Waals surface area contributed by atoms with Gasteiger partial charge >= 0.3 is 17.9 Å². The SMILES string of the molecule is CCCCCCC/C=C\C/C=C\C/C=C\CCCCCCCCC(=O)OC(COC(=O)CCCCCCCCCCCCCC)COC(=O)CCCCCCCCCCCCCCCCCCCCCCCCCC. The molecule has 0 aromatic rings. The Labute approximate surface area is 467 Å². The van der Waals surface area contributed by atoms with Crippen LogP contribution in [0.1, 0.15) is 367 Å². The number of carbonyl (C=O) groups excluding carboxylic acids is 3. The van der Waals surface area contributed by atoms with E-state index in [4.69, 9.17) is 14.2 Å². The van der Waals surface area contributed by atoms with Crippen LogP contribution >= 0.6 is 0 Å². The Hall–Kier alpha value is -2.37. The first-order valence-corrected chi connectivity index (χ1v) is 33.5. The quantitative estimate of drug-likeness (QED) is 0.0261. The standard InChI is InChI=1S/C69H128O6/c1-4-7-10-13-16-19-22-25-27-29-31-33-34-35-37-38-40-42-44-47-50-53-56-59-62-68(71)74-65-66(64-73-67(70)61-58-55-52-49-46-24-21-18-15-12-9-6-3)75-69(72)63-60-57-54-51-48-45-43-41-39-36-32-30-28-26-23-20-17-14-11-8-5-2/h23,26,30,32,39,41,66H,4-22,24-25,27-29,31,33-38,40,42-65H2,1-3H3/b26-23-,32-30-,41-39-. The van der Waals surface area contributed by atoms with E-state index >= 15 is 0 Å². The van der Waals surface area contributed by atoms with Gasteiger partial charge in [0.05, 0.1) is 0 Å². The minimum absolute atomic E-state index is 0.0722. The van der Waals surface area contributed by atoms with Gasteiger partial charge in [-0.05, 0) is 57.8 Å². The molecule has 0 aromatic carbocycles. The van der Waals surface area contributed by atoms with Gasteiger partial charge in [-0.3, -0.25) is 14.4 Å². The number of esters is 3. The molecule has 75 heavy (non-hydrogen) atoms. The maximum atomic E-state index is 12.9. The molecule has 0 aliphatic rings. The Morgan fingerprint density at radius 1 is 0.267 bits per heavy atom. The van der Waals surface area contributed by atoms with Crippen molar-refractivity contribution < 1.29 is 28.6 Å². The number of ether oxygens (including phenoxy) is 3. The first kappa shape index (κ1) is 72.6. The molecule has 1 unspecified atom stereocenters. The van der Waals surface area contributed by atoms with Gasteiger partial charge in [0.25, 0.3) is 0 Å². The lowest BCUT2D eigenvalue weighted by Gasteiger charge is -2.18. The lowest BCUT2D eigenvalue weighted by Crippen LogP contribution is -2.30. The van der Waals surface area contributed by atoms with Gasteiger partial charge in [-0.25, -0.2) is 0 Å². The Morgan fingerprint density at radius 3 is 0.747 bits per heavy atom. The molecule has 0 N–H and O–H groups in total. The molecular weight excluding hydrogens is 925 g/mol. The van der Waals surface area contributed by atoms with E-state index in [1.54, 1.807) is 0 Å². The van der Waals surface area contributed by atoms with Crippen LogP contribution in [0.25, 0.3) is 0 Å². The summed E-state index contributed by atoms with van der Waals surface area (Å²) in [4.78, 5) is 38.3. The van der Waals surface area contributed by atoms with Crippen molar-refractivity contribution in [2.24, 2.45) is 0 Å². The lowest BCUT2D eigenvalue weighted by molar-refractivity contribution is -0.167. The minimum Gasteiger partial charge on any atom is -0.462 e. The highest BCUT2D eigenvalue weighted by atomic mass is 16.6. The topological polar surface area (TPSA) is 78.9 Å². The van der Waals surface area contributed by atoms with Crippen LogP contribution in [0, 0.1) is 0 Å². The fraction of sp³-hybridized carbons (Fsp3) is 0.870. The zero-order valence-corrected chi connectivity index (χ0v) is 50.6. The summed E-state index contributed by atoms with van der Waals surface area (Å²) in [5.74, 6) is -0.859. The second kappa shape index (κ2) is 64.2. The second-order valence-electron chi connectivity index (χ2n) is 22.7. The van der Waals surface area contributed by atoms with Crippen molar-refractivity contribution >= 4 is 17.9 Å². The van der Waals surface area contributed by atoms with E-state index in [2.05, 4.69) is 57.2 Å². The van der Waals surface area contributed by atoms with Gasteiger partial charge in [0.1, 0.15) is 13.2 Å². The maximum Gasteiger partial charge on any atom is 0.306 e. The molecular formula is C69H128O6. The average molecular weight is 1050 g/mol. The highest BCUT2D eigenvalue weighted by Crippen LogP contribution is 2.18. The number of allylic oxidation sites excluding steroid dienone is 6. The van der Waals surface area contributed by atoms with E-state index < -0.39 is 6.10 Å². The third-order valence-electron chi connectivity index (χ3n) is 15.1. The van der Waals surface area contributed by atoms with Crippen molar-refractivity contribution in [3.05, 3.63) is 36.5 Å². The third kappa shape index (κ3) is 62.4. The second-order valence-corrected chi connectivity index (χ2v) is 22.7. The van der Waals surface area contributed by atoms with E-state index in [0.29, 0.717) is 19.3 Å². The molecule has 0 aromatic heterocycles. The summed E-state index contributed by atoms with van der Waals surface area (Å²) in [6.07, 6.45) is 78.8. The first-order chi connectivity index (χ1) is 37.0. The van der Waals surface area contributed by atoms with Crippen molar-refractivity contribution in [1.82, 2.24) is 0 Å². The summed E-state index contributed by atoms with van der Waals surface area (Å²) in [6, 6.07) is 0. The van der Waals surface area contributed by atoms with Crippen LogP contribution in [0.4, 0.5) is 0 Å². The van der Waals surface area contributed by atoms with E-state index in [1.807, 2.05) is 0 Å². The number of carbonyl (C=O) groups is 3. The van der Waals surface area contributed by atoms with Crippen molar-refractivity contribution in [3.8, 4) is 0 Å². The molecule has 6 nitrogen and oxygen atoms in total. The summed E-state index contributed by atoms with van der Waals surface area (Å²) in [5, 5.41) is 0. The highest BCUT2D eigenvalue weighted by Gasteiger charge is 2.19. The molecule has 0 heterocycles. The van der Waals surface area contributed by atoms with Crippen molar-refractivity contribution in [2.75, 3.05) is 13.2 Å². The fourth-order valence-corrected chi connectivity index (χ4v) is 10.1. The minimum atomic E-state index is -0.776. The van der Waals surface area contributed by atoms with Crippen molar-refractivity contribution in [2.45, 2.75) is 374 Å². The predicted molar refractivity (Wildman–Crippen MR) is 326 cm³/mol. The number of hydrogen-bond donors (Lipinski definition) is 0. The van der Waals surface area contributed by atoms with Crippen LogP contribution in [0.2, 0.25) is 0 Å². The Balaban J connectivity index is 4.26. The van der Waals surface area contributed by atoms with Gasteiger partial charge in [0.2, 0.25) is 0 Å². The fourth-order valence-electron chi connectivity index (χ4n) is 10.1. The van der Waals surface area contributed by atoms with Gasteiger partial charge in [0.15, 0.2) is 6.10 Å². The van der Waals surface area contributed by atoms with Gasteiger partial charge < -0.3 is 14.2 Å². The largest absolute Gasteiger partial charge is 0.462 e. The first-order valence-electron chi connectivity index (χ1n) is 33.5. The van der Waals surface area contributed by atoms with Crippen LogP contribution in [-0.2, 0) is 28.6 Å². The molecule has 0 aliphatic heterocycles. The molecule has 0 radical (unpaired) electrons. The Morgan fingerprint density at radius 2 is 0.480 bits per heavy atom. The average Bonchev–Trinajstić information content (AvgIpc) is 3.41. The molecule has 0 rings (SSSR count). The predicted octanol–water partition coefficient (Wildman–Crippen LogP) is 22.8. The van der Waals surface area contributed by atoms with Crippen LogP contribution in [0.5, 0.6) is 0 Å². The normalized spacial score (nSPS) is 12.2. The molecule has 0 bridgehead atoms. The summed E-state index contributed by atoms with van der Waals surface area (Å²) < 4.78 is 16.9. The zero-order chi connectivity index (χ0) is 54.3. The number of rotatable bonds is 62. The smallest absolute Gasteiger partial charge is 0.306 e. The number of hydrogen-bond acceptors (Lipinski definition) is 6. The van der Waals surface area contributed by atoms with Crippen LogP contribution in [-0.4, -0.2) is 37.2 Å². The van der Waals surface area contributed by atoms with Crippen LogP contribution < -0.4 is 0 Å².